The Balaban J connectivity index is 2.56. The number of rotatable bonds is 2. The van der Waals surface area contributed by atoms with Gasteiger partial charge >= 0.3 is 0 Å². The van der Waals surface area contributed by atoms with Crippen LogP contribution in [0.5, 0.6) is 11.5 Å². The SMILES string of the molecule is CC(N)c1cc(C(C)(F)F)cc2c1OCO2. The van der Waals surface area contributed by atoms with E-state index < -0.39 is 5.92 Å². The van der Waals surface area contributed by atoms with Gasteiger partial charge in [-0.2, -0.15) is 0 Å². The molecular weight excluding hydrogens is 216 g/mol. The lowest BCUT2D eigenvalue weighted by molar-refractivity contribution is 0.0172. The van der Waals surface area contributed by atoms with Crippen LogP contribution in [0.15, 0.2) is 12.1 Å². The van der Waals surface area contributed by atoms with E-state index in [1.807, 2.05) is 0 Å². The summed E-state index contributed by atoms with van der Waals surface area (Å²) in [6.07, 6.45) is 0. The van der Waals surface area contributed by atoms with Crippen molar-refractivity contribution < 1.29 is 18.3 Å². The number of benzene rings is 1. The summed E-state index contributed by atoms with van der Waals surface area (Å²) in [4.78, 5) is 0. The minimum atomic E-state index is -2.91. The number of alkyl halides is 2. The normalized spacial score (nSPS) is 16.3. The summed E-state index contributed by atoms with van der Waals surface area (Å²) in [6, 6.07) is 2.30. The first kappa shape index (κ1) is 11.1. The number of hydrogen-bond donors (Lipinski definition) is 1. The number of hydrogen-bond acceptors (Lipinski definition) is 3. The van der Waals surface area contributed by atoms with Crippen LogP contribution in [-0.2, 0) is 5.92 Å². The predicted octanol–water partition coefficient (Wildman–Crippen LogP) is 2.55. The maximum atomic E-state index is 13.2. The van der Waals surface area contributed by atoms with Crippen LogP contribution in [0.4, 0.5) is 8.78 Å². The van der Waals surface area contributed by atoms with E-state index in [2.05, 4.69) is 0 Å². The van der Waals surface area contributed by atoms with Crippen LogP contribution >= 0.6 is 0 Å². The van der Waals surface area contributed by atoms with Crippen LogP contribution in [0.1, 0.15) is 31.0 Å². The Morgan fingerprint density at radius 1 is 1.38 bits per heavy atom. The summed E-state index contributed by atoms with van der Waals surface area (Å²) in [7, 11) is 0. The maximum Gasteiger partial charge on any atom is 0.270 e. The second kappa shape index (κ2) is 3.59. The van der Waals surface area contributed by atoms with Crippen LogP contribution in [0.3, 0.4) is 0 Å². The van der Waals surface area contributed by atoms with Crippen molar-refractivity contribution in [3.05, 3.63) is 23.3 Å². The predicted molar refractivity (Wildman–Crippen MR) is 54.7 cm³/mol. The number of fused-ring (bicyclic) bond motifs is 1. The molecule has 0 saturated carbocycles. The molecule has 1 aliphatic heterocycles. The molecule has 88 valence electrons. The molecule has 0 saturated heterocycles. The third-order valence-corrected chi connectivity index (χ3v) is 2.50. The summed E-state index contributed by atoms with van der Waals surface area (Å²) in [6.45, 7) is 2.61. The van der Waals surface area contributed by atoms with Gasteiger partial charge in [0.1, 0.15) is 0 Å². The Morgan fingerprint density at radius 3 is 2.62 bits per heavy atom. The molecule has 1 aliphatic rings. The molecule has 5 heteroatoms. The van der Waals surface area contributed by atoms with Crippen LogP contribution in [0.2, 0.25) is 0 Å². The molecule has 1 aromatic carbocycles. The van der Waals surface area contributed by atoms with E-state index in [1.54, 1.807) is 6.92 Å². The van der Waals surface area contributed by atoms with Gasteiger partial charge in [-0.15, -0.1) is 0 Å². The van der Waals surface area contributed by atoms with Gasteiger partial charge in [-0.1, -0.05) is 0 Å². The van der Waals surface area contributed by atoms with E-state index in [0.29, 0.717) is 17.1 Å². The Bertz CT molecular complexity index is 413. The molecule has 1 unspecified atom stereocenters. The van der Waals surface area contributed by atoms with E-state index in [0.717, 1.165) is 6.92 Å². The summed E-state index contributed by atoms with van der Waals surface area (Å²) < 4.78 is 36.8. The van der Waals surface area contributed by atoms with Crippen molar-refractivity contribution in [3.63, 3.8) is 0 Å². The summed E-state index contributed by atoms with van der Waals surface area (Å²) in [5, 5.41) is 0. The molecular formula is C11H13F2NO2. The summed E-state index contributed by atoms with van der Waals surface area (Å²) >= 11 is 0. The van der Waals surface area contributed by atoms with Gasteiger partial charge in [0.25, 0.3) is 5.92 Å². The first-order valence-electron chi connectivity index (χ1n) is 4.97. The number of nitrogens with two attached hydrogens (primary N) is 1. The fraction of sp³-hybridized carbons (Fsp3) is 0.455. The topological polar surface area (TPSA) is 44.5 Å². The van der Waals surface area contributed by atoms with E-state index in [4.69, 9.17) is 15.2 Å². The monoisotopic (exact) mass is 229 g/mol. The van der Waals surface area contributed by atoms with Gasteiger partial charge < -0.3 is 15.2 Å². The quantitative estimate of drug-likeness (QED) is 0.847. The molecule has 0 bridgehead atoms. The third kappa shape index (κ3) is 1.82. The van der Waals surface area contributed by atoms with Gasteiger partial charge in [0, 0.05) is 24.1 Å². The van der Waals surface area contributed by atoms with Crippen LogP contribution in [0.25, 0.3) is 0 Å². The van der Waals surface area contributed by atoms with Gasteiger partial charge in [-0.05, 0) is 19.1 Å². The summed E-state index contributed by atoms with van der Waals surface area (Å²) in [5.41, 5.74) is 6.16. The average molecular weight is 229 g/mol. The molecule has 3 nitrogen and oxygen atoms in total. The average Bonchev–Trinajstić information content (AvgIpc) is 2.61. The maximum absolute atomic E-state index is 13.2. The molecule has 2 N–H and O–H groups in total. The zero-order valence-electron chi connectivity index (χ0n) is 9.09. The molecule has 0 amide bonds. The Morgan fingerprint density at radius 2 is 2.06 bits per heavy atom. The van der Waals surface area contributed by atoms with Crippen molar-refractivity contribution in [3.8, 4) is 11.5 Å². The second-order valence-corrected chi connectivity index (χ2v) is 3.98. The van der Waals surface area contributed by atoms with Gasteiger partial charge in [-0.3, -0.25) is 0 Å². The van der Waals surface area contributed by atoms with Crippen molar-refractivity contribution in [1.82, 2.24) is 0 Å². The number of halogens is 2. The van der Waals surface area contributed by atoms with Crippen LogP contribution in [0, 0.1) is 0 Å². The van der Waals surface area contributed by atoms with Crippen molar-refractivity contribution in [2.45, 2.75) is 25.8 Å². The molecule has 0 aliphatic carbocycles. The van der Waals surface area contributed by atoms with E-state index in [-0.39, 0.29) is 18.4 Å². The van der Waals surface area contributed by atoms with Crippen molar-refractivity contribution >= 4 is 0 Å². The van der Waals surface area contributed by atoms with E-state index >= 15 is 0 Å². The highest BCUT2D eigenvalue weighted by atomic mass is 19.3. The largest absolute Gasteiger partial charge is 0.454 e. The van der Waals surface area contributed by atoms with Crippen molar-refractivity contribution in [1.29, 1.82) is 0 Å². The Kier molecular flexibility index (Phi) is 2.50. The highest BCUT2D eigenvalue weighted by Gasteiger charge is 2.30. The zero-order chi connectivity index (χ0) is 11.9. The fourth-order valence-corrected chi connectivity index (χ4v) is 1.63. The lowest BCUT2D eigenvalue weighted by Gasteiger charge is -2.15. The molecule has 0 aromatic heterocycles. The zero-order valence-corrected chi connectivity index (χ0v) is 9.09. The lowest BCUT2D eigenvalue weighted by atomic mass is 10.0. The van der Waals surface area contributed by atoms with Gasteiger partial charge in [0.15, 0.2) is 11.5 Å². The first-order chi connectivity index (χ1) is 7.39. The number of ether oxygens (including phenoxy) is 2. The van der Waals surface area contributed by atoms with Gasteiger partial charge in [-0.25, -0.2) is 8.78 Å². The Labute approximate surface area is 92.1 Å². The fourth-order valence-electron chi connectivity index (χ4n) is 1.63. The first-order valence-corrected chi connectivity index (χ1v) is 4.97. The minimum Gasteiger partial charge on any atom is -0.454 e. The molecule has 1 aromatic rings. The molecule has 1 atom stereocenters. The van der Waals surface area contributed by atoms with Crippen LogP contribution in [-0.4, -0.2) is 6.79 Å². The lowest BCUT2D eigenvalue weighted by Crippen LogP contribution is -2.11. The highest BCUT2D eigenvalue weighted by Crippen LogP contribution is 2.42. The van der Waals surface area contributed by atoms with Gasteiger partial charge in [0.2, 0.25) is 6.79 Å². The molecule has 0 radical (unpaired) electrons. The molecule has 16 heavy (non-hydrogen) atoms. The second-order valence-electron chi connectivity index (χ2n) is 3.98. The highest BCUT2D eigenvalue weighted by molar-refractivity contribution is 5.52. The van der Waals surface area contributed by atoms with E-state index in [9.17, 15) is 8.78 Å². The molecule has 2 rings (SSSR count). The van der Waals surface area contributed by atoms with Crippen molar-refractivity contribution in [2.24, 2.45) is 5.73 Å². The molecule has 0 spiro atoms. The van der Waals surface area contributed by atoms with E-state index in [1.165, 1.54) is 12.1 Å². The third-order valence-electron chi connectivity index (χ3n) is 2.50. The van der Waals surface area contributed by atoms with Crippen molar-refractivity contribution in [2.75, 3.05) is 6.79 Å². The minimum absolute atomic E-state index is 0.0494. The van der Waals surface area contributed by atoms with Gasteiger partial charge in [0.05, 0.1) is 0 Å². The summed E-state index contributed by atoms with van der Waals surface area (Å²) in [5.74, 6) is -2.10. The standard InChI is InChI=1S/C11H13F2NO2/c1-6(14)8-3-7(11(2,12)13)4-9-10(8)16-5-15-9/h3-4,6H,5,14H2,1-2H3. The Hall–Kier alpha value is -1.36. The molecule has 1 heterocycles. The molecule has 0 fully saturated rings. The smallest absolute Gasteiger partial charge is 0.270 e. The van der Waals surface area contributed by atoms with Crippen LogP contribution < -0.4 is 15.2 Å².